The fourth-order valence-corrected chi connectivity index (χ4v) is 1.84. The van der Waals surface area contributed by atoms with Crippen molar-refractivity contribution < 1.29 is 9.84 Å². The van der Waals surface area contributed by atoms with Crippen molar-refractivity contribution in [1.82, 2.24) is 5.32 Å². The van der Waals surface area contributed by atoms with Crippen molar-refractivity contribution in [2.45, 2.75) is 33.0 Å². The fraction of sp³-hybridized carbons (Fsp3) is 0.294. The summed E-state index contributed by atoms with van der Waals surface area (Å²) in [5, 5.41) is 12.4. The van der Waals surface area contributed by atoms with E-state index in [1.165, 1.54) is 5.56 Å². The maximum absolute atomic E-state index is 9.01. The molecule has 0 heterocycles. The van der Waals surface area contributed by atoms with Crippen molar-refractivity contribution in [1.29, 1.82) is 0 Å². The molecule has 0 atom stereocenters. The summed E-state index contributed by atoms with van der Waals surface area (Å²) in [5.41, 5.74) is 2.08. The zero-order chi connectivity index (χ0) is 14.4. The van der Waals surface area contributed by atoms with E-state index in [0.717, 1.165) is 23.6 Å². The van der Waals surface area contributed by atoms with Crippen LogP contribution in [0, 0.1) is 0 Å². The van der Waals surface area contributed by atoms with Crippen LogP contribution in [0.4, 0.5) is 0 Å². The van der Waals surface area contributed by atoms with Gasteiger partial charge in [0.25, 0.3) is 0 Å². The summed E-state index contributed by atoms with van der Waals surface area (Å²) in [6, 6.07) is 16.0. The minimum atomic E-state index is 0.0522. The zero-order valence-electron chi connectivity index (χ0n) is 12.0. The summed E-state index contributed by atoms with van der Waals surface area (Å²) in [4.78, 5) is 0. The molecule has 0 aliphatic rings. The monoisotopic (exact) mass is 271 g/mol. The molecule has 0 radical (unpaired) electrons. The second-order valence-electron chi connectivity index (χ2n) is 5.09. The second-order valence-corrected chi connectivity index (χ2v) is 5.09. The Morgan fingerprint density at radius 2 is 1.75 bits per heavy atom. The van der Waals surface area contributed by atoms with Crippen molar-refractivity contribution >= 4 is 0 Å². The maximum atomic E-state index is 9.01. The smallest absolute Gasteiger partial charge is 0.127 e. The van der Waals surface area contributed by atoms with Crippen LogP contribution in [0.5, 0.6) is 11.5 Å². The maximum Gasteiger partial charge on any atom is 0.127 e. The van der Waals surface area contributed by atoms with Crippen LogP contribution < -0.4 is 10.1 Å². The van der Waals surface area contributed by atoms with Crippen molar-refractivity contribution in [2.75, 3.05) is 0 Å². The van der Waals surface area contributed by atoms with E-state index in [-0.39, 0.29) is 6.61 Å². The molecule has 0 aliphatic heterocycles. The zero-order valence-corrected chi connectivity index (χ0v) is 12.0. The first-order valence-corrected chi connectivity index (χ1v) is 6.87. The summed E-state index contributed by atoms with van der Waals surface area (Å²) < 4.78 is 5.82. The molecule has 0 fully saturated rings. The molecule has 3 heteroatoms. The van der Waals surface area contributed by atoms with Crippen LogP contribution >= 0.6 is 0 Å². The van der Waals surface area contributed by atoms with Crippen molar-refractivity contribution in [3.8, 4) is 11.5 Å². The predicted octanol–water partition coefficient (Wildman–Crippen LogP) is 3.47. The fourth-order valence-electron chi connectivity index (χ4n) is 1.84. The molecular weight excluding hydrogens is 250 g/mol. The van der Waals surface area contributed by atoms with E-state index in [4.69, 9.17) is 9.84 Å². The van der Waals surface area contributed by atoms with E-state index in [1.54, 1.807) is 0 Å². The minimum Gasteiger partial charge on any atom is -0.457 e. The molecule has 0 aliphatic carbocycles. The molecule has 0 aromatic heterocycles. The van der Waals surface area contributed by atoms with Gasteiger partial charge in [0.15, 0.2) is 0 Å². The number of hydrogen-bond acceptors (Lipinski definition) is 3. The van der Waals surface area contributed by atoms with E-state index in [1.807, 2.05) is 42.5 Å². The lowest BCUT2D eigenvalue weighted by Gasteiger charge is -2.10. The quantitative estimate of drug-likeness (QED) is 0.845. The van der Waals surface area contributed by atoms with Gasteiger partial charge in [-0.3, -0.25) is 0 Å². The highest BCUT2D eigenvalue weighted by Gasteiger charge is 2.00. The van der Waals surface area contributed by atoms with E-state index in [9.17, 15) is 0 Å². The Hall–Kier alpha value is -1.84. The van der Waals surface area contributed by atoms with Gasteiger partial charge < -0.3 is 15.2 Å². The number of hydrogen-bond donors (Lipinski definition) is 2. The van der Waals surface area contributed by atoms with E-state index < -0.39 is 0 Å². The van der Waals surface area contributed by atoms with Gasteiger partial charge in [0.2, 0.25) is 0 Å². The predicted molar refractivity (Wildman–Crippen MR) is 80.9 cm³/mol. The molecule has 2 aromatic carbocycles. The molecule has 2 N–H and O–H groups in total. The lowest BCUT2D eigenvalue weighted by molar-refractivity contribution is 0.281. The third-order valence-electron chi connectivity index (χ3n) is 2.95. The Balaban J connectivity index is 2.02. The number of aliphatic hydroxyl groups is 1. The highest BCUT2D eigenvalue weighted by molar-refractivity contribution is 5.35. The van der Waals surface area contributed by atoms with Gasteiger partial charge in [-0.15, -0.1) is 0 Å². The van der Waals surface area contributed by atoms with Crippen LogP contribution in [0.3, 0.4) is 0 Å². The topological polar surface area (TPSA) is 41.5 Å². The highest BCUT2D eigenvalue weighted by Crippen LogP contribution is 2.22. The van der Waals surface area contributed by atoms with E-state index >= 15 is 0 Å². The molecule has 0 amide bonds. The summed E-state index contributed by atoms with van der Waals surface area (Å²) in [5.74, 6) is 1.60. The molecule has 2 rings (SSSR count). The molecule has 0 unspecified atom stereocenters. The molecule has 0 spiro atoms. The van der Waals surface area contributed by atoms with Gasteiger partial charge in [0.05, 0.1) is 6.61 Å². The molecule has 3 nitrogen and oxygen atoms in total. The molecule has 106 valence electrons. The molecule has 20 heavy (non-hydrogen) atoms. The normalized spacial score (nSPS) is 10.8. The van der Waals surface area contributed by atoms with Crippen LogP contribution in [-0.4, -0.2) is 11.1 Å². The summed E-state index contributed by atoms with van der Waals surface area (Å²) in [7, 11) is 0. The van der Waals surface area contributed by atoms with Crippen LogP contribution in [-0.2, 0) is 13.2 Å². The minimum absolute atomic E-state index is 0.0522. The first-order valence-electron chi connectivity index (χ1n) is 6.87. The average molecular weight is 271 g/mol. The van der Waals surface area contributed by atoms with Crippen molar-refractivity contribution in [3.05, 3.63) is 59.7 Å². The van der Waals surface area contributed by atoms with Gasteiger partial charge in [-0.1, -0.05) is 38.1 Å². The van der Waals surface area contributed by atoms with Gasteiger partial charge in [0, 0.05) is 12.6 Å². The number of ether oxygens (including phenoxy) is 1. The van der Waals surface area contributed by atoms with Crippen LogP contribution in [0.15, 0.2) is 48.5 Å². The van der Waals surface area contributed by atoms with Crippen molar-refractivity contribution in [2.24, 2.45) is 0 Å². The highest BCUT2D eigenvalue weighted by atomic mass is 16.5. The Bertz CT molecular complexity index is 535. The standard InChI is InChI=1S/C17H21NO2/c1-13(2)18-11-15-4-3-5-17(10-15)20-16-8-6-14(12-19)7-9-16/h3-10,13,18-19H,11-12H2,1-2H3. The summed E-state index contributed by atoms with van der Waals surface area (Å²) in [6.07, 6.45) is 0. The number of aliphatic hydroxyl groups excluding tert-OH is 1. The Kier molecular flexibility index (Phi) is 5.16. The van der Waals surface area contributed by atoms with Gasteiger partial charge in [-0.05, 0) is 35.4 Å². The largest absolute Gasteiger partial charge is 0.457 e. The van der Waals surface area contributed by atoms with E-state index in [0.29, 0.717) is 6.04 Å². The Labute approximate surface area is 120 Å². The average Bonchev–Trinajstić information content (AvgIpc) is 2.46. The molecule has 0 saturated carbocycles. The van der Waals surface area contributed by atoms with E-state index in [2.05, 4.69) is 25.2 Å². The van der Waals surface area contributed by atoms with Gasteiger partial charge in [0.1, 0.15) is 11.5 Å². The summed E-state index contributed by atoms with van der Waals surface area (Å²) >= 11 is 0. The molecule has 0 saturated heterocycles. The Morgan fingerprint density at radius 3 is 2.40 bits per heavy atom. The number of nitrogens with one attached hydrogen (secondary N) is 1. The van der Waals surface area contributed by atoms with Gasteiger partial charge in [-0.2, -0.15) is 0 Å². The molecular formula is C17H21NO2. The lowest BCUT2D eigenvalue weighted by Crippen LogP contribution is -2.21. The van der Waals surface area contributed by atoms with Crippen LogP contribution in [0.1, 0.15) is 25.0 Å². The van der Waals surface area contributed by atoms with Crippen LogP contribution in [0.2, 0.25) is 0 Å². The second kappa shape index (κ2) is 7.08. The summed E-state index contributed by atoms with van der Waals surface area (Å²) in [6.45, 7) is 5.14. The molecule has 0 bridgehead atoms. The van der Waals surface area contributed by atoms with Gasteiger partial charge in [-0.25, -0.2) is 0 Å². The SMILES string of the molecule is CC(C)NCc1cccc(Oc2ccc(CO)cc2)c1. The number of rotatable bonds is 6. The third kappa shape index (κ3) is 4.37. The first kappa shape index (κ1) is 14.6. The lowest BCUT2D eigenvalue weighted by atomic mass is 10.2. The molecule has 2 aromatic rings. The Morgan fingerprint density at radius 1 is 1.00 bits per heavy atom. The van der Waals surface area contributed by atoms with Crippen molar-refractivity contribution in [3.63, 3.8) is 0 Å². The third-order valence-corrected chi connectivity index (χ3v) is 2.95. The number of benzene rings is 2. The first-order chi connectivity index (χ1) is 9.67. The van der Waals surface area contributed by atoms with Crippen LogP contribution in [0.25, 0.3) is 0 Å². The van der Waals surface area contributed by atoms with Gasteiger partial charge >= 0.3 is 0 Å².